The molecule has 0 amide bonds. The zero-order valence-electron chi connectivity index (χ0n) is 9.30. The summed E-state index contributed by atoms with van der Waals surface area (Å²) in [6, 6.07) is 8.13. The number of anilines is 1. The first-order valence-corrected chi connectivity index (χ1v) is 5.58. The van der Waals surface area contributed by atoms with Gasteiger partial charge in [-0.15, -0.1) is 0 Å². The highest BCUT2D eigenvalue weighted by atomic mass is 35.5. The Morgan fingerprint density at radius 3 is 2.89 bits per heavy atom. The third-order valence-electron chi connectivity index (χ3n) is 2.30. The molecule has 0 fully saturated rings. The van der Waals surface area contributed by atoms with E-state index >= 15 is 0 Å². The van der Waals surface area contributed by atoms with E-state index in [0.717, 1.165) is 0 Å². The minimum absolute atomic E-state index is 0.170. The van der Waals surface area contributed by atoms with Gasteiger partial charge in [0.2, 0.25) is 0 Å². The van der Waals surface area contributed by atoms with Crippen LogP contribution in [0.15, 0.2) is 36.5 Å². The number of hydrogen-bond donors (Lipinski definition) is 2. The number of hydrogen-bond acceptors (Lipinski definition) is 4. The number of carbonyl (C=O) groups is 1. The maximum atomic E-state index is 11.0. The molecule has 0 bridgehead atoms. The summed E-state index contributed by atoms with van der Waals surface area (Å²) in [5.74, 6) is -1.01. The molecule has 92 valence electrons. The largest absolute Gasteiger partial charge is 0.478 e. The summed E-state index contributed by atoms with van der Waals surface area (Å²) in [6.45, 7) is 0.383. The molecule has 2 rings (SSSR count). The second kappa shape index (κ2) is 5.46. The summed E-state index contributed by atoms with van der Waals surface area (Å²) < 4.78 is 0. The second-order valence-electron chi connectivity index (χ2n) is 3.56. The van der Waals surface area contributed by atoms with E-state index in [0.29, 0.717) is 22.9 Å². The standard InChI is InChI=1S/C12H10ClN3O2/c13-8-3-4-10(12(17)18)11(6-8)14-7-9-2-1-5-15-16-9/h1-6,14H,7H2,(H,17,18). The first-order chi connectivity index (χ1) is 8.66. The van der Waals surface area contributed by atoms with Crippen LogP contribution in [0.3, 0.4) is 0 Å². The van der Waals surface area contributed by atoms with Crippen molar-refractivity contribution in [3.05, 3.63) is 52.8 Å². The quantitative estimate of drug-likeness (QED) is 0.886. The maximum absolute atomic E-state index is 11.0. The van der Waals surface area contributed by atoms with Crippen LogP contribution in [-0.2, 0) is 6.54 Å². The predicted molar refractivity (Wildman–Crippen MR) is 67.8 cm³/mol. The first-order valence-electron chi connectivity index (χ1n) is 5.20. The fourth-order valence-electron chi connectivity index (χ4n) is 1.46. The second-order valence-corrected chi connectivity index (χ2v) is 4.00. The van der Waals surface area contributed by atoms with Crippen LogP contribution in [-0.4, -0.2) is 21.3 Å². The highest BCUT2D eigenvalue weighted by Gasteiger charge is 2.10. The average Bonchev–Trinajstić information content (AvgIpc) is 2.37. The number of aromatic nitrogens is 2. The Kier molecular flexibility index (Phi) is 3.74. The van der Waals surface area contributed by atoms with Crippen molar-refractivity contribution < 1.29 is 9.90 Å². The van der Waals surface area contributed by atoms with Gasteiger partial charge in [0.25, 0.3) is 0 Å². The Hall–Kier alpha value is -2.14. The van der Waals surface area contributed by atoms with Crippen molar-refractivity contribution in [3.8, 4) is 0 Å². The molecule has 0 unspecified atom stereocenters. The van der Waals surface area contributed by atoms with Crippen molar-refractivity contribution in [3.63, 3.8) is 0 Å². The molecule has 0 aliphatic carbocycles. The van der Waals surface area contributed by atoms with Crippen LogP contribution < -0.4 is 5.32 Å². The number of rotatable bonds is 4. The minimum Gasteiger partial charge on any atom is -0.478 e. The summed E-state index contributed by atoms with van der Waals surface area (Å²) in [4.78, 5) is 11.0. The lowest BCUT2D eigenvalue weighted by Gasteiger charge is -2.09. The van der Waals surface area contributed by atoms with E-state index in [1.54, 1.807) is 30.5 Å². The van der Waals surface area contributed by atoms with E-state index in [4.69, 9.17) is 16.7 Å². The van der Waals surface area contributed by atoms with E-state index < -0.39 is 5.97 Å². The number of nitrogens with zero attached hydrogens (tertiary/aromatic N) is 2. The molecule has 5 nitrogen and oxygen atoms in total. The molecule has 2 aromatic rings. The van der Waals surface area contributed by atoms with Crippen LogP contribution in [0.4, 0.5) is 5.69 Å². The molecule has 0 aliphatic rings. The zero-order valence-corrected chi connectivity index (χ0v) is 10.1. The van der Waals surface area contributed by atoms with Crippen molar-refractivity contribution in [1.82, 2.24) is 10.2 Å². The molecule has 1 heterocycles. The highest BCUT2D eigenvalue weighted by Crippen LogP contribution is 2.21. The number of carboxylic acids is 1. The van der Waals surface area contributed by atoms with Gasteiger partial charge in [0.15, 0.2) is 0 Å². The van der Waals surface area contributed by atoms with E-state index in [-0.39, 0.29) is 5.56 Å². The van der Waals surface area contributed by atoms with Crippen LogP contribution in [0.1, 0.15) is 16.1 Å². The van der Waals surface area contributed by atoms with Gasteiger partial charge in [0.1, 0.15) is 0 Å². The predicted octanol–water partition coefficient (Wildman–Crippen LogP) is 2.44. The molecule has 0 radical (unpaired) electrons. The highest BCUT2D eigenvalue weighted by molar-refractivity contribution is 6.31. The van der Waals surface area contributed by atoms with E-state index in [2.05, 4.69) is 15.5 Å². The van der Waals surface area contributed by atoms with E-state index in [1.165, 1.54) is 6.07 Å². The molecule has 1 aromatic heterocycles. The lowest BCUT2D eigenvalue weighted by Crippen LogP contribution is -2.07. The molecule has 0 saturated heterocycles. The summed E-state index contributed by atoms with van der Waals surface area (Å²) in [5.41, 5.74) is 1.35. The molecule has 0 spiro atoms. The lowest BCUT2D eigenvalue weighted by atomic mass is 10.2. The number of carboxylic acid groups (broad SMARTS) is 1. The zero-order chi connectivity index (χ0) is 13.0. The molecule has 2 N–H and O–H groups in total. The summed E-state index contributed by atoms with van der Waals surface area (Å²) in [6.07, 6.45) is 1.57. The molecule has 18 heavy (non-hydrogen) atoms. The van der Waals surface area contributed by atoms with Crippen LogP contribution >= 0.6 is 11.6 Å². The molecular formula is C12H10ClN3O2. The van der Waals surface area contributed by atoms with Crippen molar-refractivity contribution in [1.29, 1.82) is 0 Å². The van der Waals surface area contributed by atoms with Gasteiger partial charge in [-0.3, -0.25) is 0 Å². The Labute approximate surface area is 108 Å². The number of nitrogens with one attached hydrogen (secondary N) is 1. The van der Waals surface area contributed by atoms with Crippen LogP contribution in [0, 0.1) is 0 Å². The van der Waals surface area contributed by atoms with E-state index in [1.807, 2.05) is 0 Å². The number of halogens is 1. The lowest BCUT2D eigenvalue weighted by molar-refractivity contribution is 0.0698. The van der Waals surface area contributed by atoms with Crippen LogP contribution in [0.2, 0.25) is 5.02 Å². The Morgan fingerprint density at radius 1 is 1.39 bits per heavy atom. The SMILES string of the molecule is O=C(O)c1ccc(Cl)cc1NCc1cccnn1. The molecule has 0 atom stereocenters. The van der Waals surface area contributed by atoms with Crippen LogP contribution in [0.5, 0.6) is 0 Å². The molecule has 0 aliphatic heterocycles. The van der Waals surface area contributed by atoms with Crippen molar-refractivity contribution in [2.45, 2.75) is 6.54 Å². The Morgan fingerprint density at radius 2 is 2.22 bits per heavy atom. The average molecular weight is 264 g/mol. The molecular weight excluding hydrogens is 254 g/mol. The minimum atomic E-state index is -1.01. The summed E-state index contributed by atoms with van der Waals surface area (Å²) in [7, 11) is 0. The third kappa shape index (κ3) is 2.95. The Balaban J connectivity index is 2.18. The summed E-state index contributed by atoms with van der Waals surface area (Å²) >= 11 is 5.84. The maximum Gasteiger partial charge on any atom is 0.337 e. The van der Waals surface area contributed by atoms with Gasteiger partial charge in [0.05, 0.1) is 23.5 Å². The van der Waals surface area contributed by atoms with Gasteiger partial charge in [0, 0.05) is 11.2 Å². The third-order valence-corrected chi connectivity index (χ3v) is 2.53. The fraction of sp³-hybridized carbons (Fsp3) is 0.0833. The Bertz CT molecular complexity index is 561. The van der Waals surface area contributed by atoms with Gasteiger partial charge >= 0.3 is 5.97 Å². The molecule has 0 saturated carbocycles. The molecule has 6 heteroatoms. The van der Waals surface area contributed by atoms with Crippen molar-refractivity contribution >= 4 is 23.3 Å². The van der Waals surface area contributed by atoms with Crippen molar-refractivity contribution in [2.24, 2.45) is 0 Å². The molecule has 1 aromatic carbocycles. The van der Waals surface area contributed by atoms with Crippen molar-refractivity contribution in [2.75, 3.05) is 5.32 Å². The van der Waals surface area contributed by atoms with Gasteiger partial charge in [-0.05, 0) is 30.3 Å². The van der Waals surface area contributed by atoms with Gasteiger partial charge in [-0.25, -0.2) is 4.79 Å². The smallest absolute Gasteiger partial charge is 0.337 e. The monoisotopic (exact) mass is 263 g/mol. The first kappa shape index (κ1) is 12.3. The van der Waals surface area contributed by atoms with Gasteiger partial charge in [-0.2, -0.15) is 10.2 Å². The van der Waals surface area contributed by atoms with Gasteiger partial charge in [-0.1, -0.05) is 11.6 Å². The number of benzene rings is 1. The topological polar surface area (TPSA) is 75.1 Å². The van der Waals surface area contributed by atoms with Crippen LogP contribution in [0.25, 0.3) is 0 Å². The number of aromatic carboxylic acids is 1. The summed E-state index contributed by atoms with van der Waals surface area (Å²) in [5, 5.41) is 20.1. The van der Waals surface area contributed by atoms with E-state index in [9.17, 15) is 4.79 Å². The fourth-order valence-corrected chi connectivity index (χ4v) is 1.63. The van der Waals surface area contributed by atoms with Gasteiger partial charge < -0.3 is 10.4 Å². The normalized spacial score (nSPS) is 10.1.